The molecule has 0 bridgehead atoms. The van der Waals surface area contributed by atoms with Crippen LogP contribution < -0.4 is 0 Å². The van der Waals surface area contributed by atoms with Crippen molar-refractivity contribution in [2.75, 3.05) is 26.2 Å². The van der Waals surface area contributed by atoms with Crippen LogP contribution in [0.3, 0.4) is 0 Å². The predicted molar refractivity (Wildman–Crippen MR) is 114 cm³/mol. The Labute approximate surface area is 178 Å². The molecule has 7 heteroatoms. The zero-order chi connectivity index (χ0) is 20.3. The Kier molecular flexibility index (Phi) is 6.09. The highest BCUT2D eigenvalue weighted by molar-refractivity contribution is 5.26. The fourth-order valence-corrected chi connectivity index (χ4v) is 5.76. The van der Waals surface area contributed by atoms with Crippen molar-refractivity contribution in [3.8, 4) is 0 Å². The predicted octanol–water partition coefficient (Wildman–Crippen LogP) is 3.97. The number of benzene rings is 1. The second kappa shape index (κ2) is 9.10. The van der Waals surface area contributed by atoms with E-state index in [1.807, 2.05) is 12.1 Å². The van der Waals surface area contributed by atoms with Gasteiger partial charge in [0.1, 0.15) is 5.82 Å². The average Bonchev–Trinajstić information content (AvgIpc) is 3.49. The van der Waals surface area contributed by atoms with Gasteiger partial charge in [-0.1, -0.05) is 44.2 Å². The second-order valence-electron chi connectivity index (χ2n) is 9.24. The summed E-state index contributed by atoms with van der Waals surface area (Å²) in [5.41, 5.74) is 1.08. The summed E-state index contributed by atoms with van der Waals surface area (Å²) in [7, 11) is 0. The molecule has 162 valence electrons. The minimum atomic E-state index is -0.199. The van der Waals surface area contributed by atoms with Crippen LogP contribution in [-0.2, 0) is 0 Å². The average molecular weight is 413 g/mol. The van der Waals surface area contributed by atoms with Crippen LogP contribution in [0.1, 0.15) is 81.3 Å². The molecule has 2 saturated carbocycles. The third-order valence-electron chi connectivity index (χ3n) is 7.42. The smallest absolute Gasteiger partial charge is 0.173 e. The molecule has 1 aliphatic heterocycles. The summed E-state index contributed by atoms with van der Waals surface area (Å²) in [5, 5.41) is 13.0. The molecule has 2 aliphatic carbocycles. The molecule has 0 amide bonds. The van der Waals surface area contributed by atoms with E-state index in [-0.39, 0.29) is 11.9 Å². The van der Waals surface area contributed by atoms with Crippen molar-refractivity contribution in [1.82, 2.24) is 30.0 Å². The first-order chi connectivity index (χ1) is 14.8. The third kappa shape index (κ3) is 4.14. The molecule has 3 aliphatic rings. The number of halogens is 1. The Bertz CT molecular complexity index is 801. The molecule has 6 nitrogen and oxygen atoms in total. The lowest BCUT2D eigenvalue weighted by Crippen LogP contribution is -2.51. The van der Waals surface area contributed by atoms with Crippen molar-refractivity contribution in [3.63, 3.8) is 0 Å². The van der Waals surface area contributed by atoms with Gasteiger partial charge in [0.25, 0.3) is 0 Å². The molecule has 30 heavy (non-hydrogen) atoms. The highest BCUT2D eigenvalue weighted by Gasteiger charge is 2.34. The van der Waals surface area contributed by atoms with Gasteiger partial charge < -0.3 is 0 Å². The standard InChI is InChI=1S/C23H33FN6/c24-19-12-10-18(11-13-19)22(23-25-26-27-30(23)21-8-2-1-3-9-21)29-16-14-28(15-17-29)20-6-4-5-7-20/h10-13,20-22H,1-9,14-17H2/t22-/m1/s1. The molecule has 0 radical (unpaired) electrons. The first-order valence-electron chi connectivity index (χ1n) is 11.8. The summed E-state index contributed by atoms with van der Waals surface area (Å²) < 4.78 is 15.7. The molecule has 1 saturated heterocycles. The molecular formula is C23H33FN6. The minimum Gasteiger partial charge on any atom is -0.298 e. The topological polar surface area (TPSA) is 50.1 Å². The molecule has 0 spiro atoms. The third-order valence-corrected chi connectivity index (χ3v) is 7.42. The van der Waals surface area contributed by atoms with Crippen molar-refractivity contribution in [3.05, 3.63) is 41.5 Å². The van der Waals surface area contributed by atoms with Crippen LogP contribution >= 0.6 is 0 Å². The molecular weight excluding hydrogens is 379 g/mol. The number of aromatic nitrogens is 4. The highest BCUT2D eigenvalue weighted by atomic mass is 19.1. The first kappa shape index (κ1) is 20.1. The molecule has 1 aromatic carbocycles. The van der Waals surface area contributed by atoms with E-state index in [9.17, 15) is 4.39 Å². The van der Waals surface area contributed by atoms with Gasteiger partial charge in [0, 0.05) is 32.2 Å². The summed E-state index contributed by atoms with van der Waals surface area (Å²) in [6.45, 7) is 4.17. The Morgan fingerprint density at radius 2 is 1.43 bits per heavy atom. The molecule has 3 fully saturated rings. The van der Waals surface area contributed by atoms with E-state index in [1.54, 1.807) is 12.1 Å². The van der Waals surface area contributed by atoms with Gasteiger partial charge in [0.05, 0.1) is 12.1 Å². The van der Waals surface area contributed by atoms with Crippen molar-refractivity contribution >= 4 is 0 Å². The number of tetrazole rings is 1. The van der Waals surface area contributed by atoms with Crippen molar-refractivity contribution in [2.45, 2.75) is 75.9 Å². The van der Waals surface area contributed by atoms with E-state index in [4.69, 9.17) is 0 Å². The quantitative estimate of drug-likeness (QED) is 0.744. The van der Waals surface area contributed by atoms with Gasteiger partial charge in [-0.15, -0.1) is 5.10 Å². The lowest BCUT2D eigenvalue weighted by molar-refractivity contribution is 0.0760. The number of rotatable bonds is 5. The zero-order valence-corrected chi connectivity index (χ0v) is 17.8. The minimum absolute atomic E-state index is 0.0201. The van der Waals surface area contributed by atoms with Crippen molar-refractivity contribution in [2.24, 2.45) is 0 Å². The lowest BCUT2D eigenvalue weighted by Gasteiger charge is -2.41. The van der Waals surface area contributed by atoms with Crippen LogP contribution in [0.25, 0.3) is 0 Å². The number of hydrogen-bond acceptors (Lipinski definition) is 5. The van der Waals surface area contributed by atoms with Crippen molar-refractivity contribution in [1.29, 1.82) is 0 Å². The fourth-order valence-electron chi connectivity index (χ4n) is 5.76. The first-order valence-corrected chi connectivity index (χ1v) is 11.8. The van der Waals surface area contributed by atoms with Gasteiger partial charge in [-0.2, -0.15) is 0 Å². The van der Waals surface area contributed by atoms with Gasteiger partial charge in [-0.3, -0.25) is 9.80 Å². The van der Waals surface area contributed by atoms with Gasteiger partial charge in [0.2, 0.25) is 0 Å². The number of piperazine rings is 1. The molecule has 0 unspecified atom stereocenters. The Morgan fingerprint density at radius 3 is 2.13 bits per heavy atom. The Hall–Kier alpha value is -1.86. The molecule has 0 N–H and O–H groups in total. The van der Waals surface area contributed by atoms with Crippen LogP contribution in [0.15, 0.2) is 24.3 Å². The van der Waals surface area contributed by atoms with Gasteiger partial charge in [-0.05, 0) is 53.8 Å². The van der Waals surface area contributed by atoms with Gasteiger partial charge >= 0.3 is 0 Å². The molecule has 1 aromatic heterocycles. The number of hydrogen-bond donors (Lipinski definition) is 0. The van der Waals surface area contributed by atoms with E-state index >= 15 is 0 Å². The SMILES string of the molecule is Fc1ccc([C@H](c2nnnn2C2CCCCC2)N2CCN(C3CCCC3)CC2)cc1. The van der Waals surface area contributed by atoms with Gasteiger partial charge in [-0.25, -0.2) is 9.07 Å². The molecule has 2 aromatic rings. The maximum Gasteiger partial charge on any atom is 0.173 e. The maximum absolute atomic E-state index is 13.7. The van der Waals surface area contributed by atoms with Crippen molar-refractivity contribution < 1.29 is 4.39 Å². The lowest BCUT2D eigenvalue weighted by atomic mass is 9.95. The normalized spacial score (nSPS) is 23.8. The maximum atomic E-state index is 13.7. The summed E-state index contributed by atoms with van der Waals surface area (Å²) in [4.78, 5) is 5.18. The second-order valence-corrected chi connectivity index (χ2v) is 9.24. The molecule has 5 rings (SSSR count). The molecule has 1 atom stereocenters. The van der Waals surface area contributed by atoms with Crippen LogP contribution in [0.4, 0.5) is 4.39 Å². The summed E-state index contributed by atoms with van der Waals surface area (Å²) >= 11 is 0. The zero-order valence-electron chi connectivity index (χ0n) is 17.8. The highest BCUT2D eigenvalue weighted by Crippen LogP contribution is 2.34. The van der Waals surface area contributed by atoms with E-state index in [0.717, 1.165) is 56.5 Å². The van der Waals surface area contributed by atoms with Crippen LogP contribution in [0.5, 0.6) is 0 Å². The summed E-state index contributed by atoms with van der Waals surface area (Å²) in [5.74, 6) is 0.721. The largest absolute Gasteiger partial charge is 0.298 e. The van der Waals surface area contributed by atoms with Crippen LogP contribution in [0, 0.1) is 5.82 Å². The van der Waals surface area contributed by atoms with E-state index < -0.39 is 0 Å². The van der Waals surface area contributed by atoms with E-state index in [2.05, 4.69) is 30.0 Å². The number of nitrogens with zero attached hydrogens (tertiary/aromatic N) is 6. The van der Waals surface area contributed by atoms with E-state index in [1.165, 1.54) is 44.9 Å². The van der Waals surface area contributed by atoms with Crippen LogP contribution in [0.2, 0.25) is 0 Å². The van der Waals surface area contributed by atoms with E-state index in [0.29, 0.717) is 6.04 Å². The molecule has 2 heterocycles. The fraction of sp³-hybridized carbons (Fsp3) is 0.696. The van der Waals surface area contributed by atoms with Gasteiger partial charge in [0.15, 0.2) is 5.82 Å². The Morgan fingerprint density at radius 1 is 0.800 bits per heavy atom. The monoisotopic (exact) mass is 412 g/mol. The van der Waals surface area contributed by atoms with Crippen LogP contribution in [-0.4, -0.2) is 62.2 Å². The summed E-state index contributed by atoms with van der Waals surface area (Å²) in [6.07, 6.45) is 11.5. The Balaban J connectivity index is 1.41. The summed E-state index contributed by atoms with van der Waals surface area (Å²) in [6, 6.07) is 8.06.